The molecule has 0 bridgehead atoms. The minimum Gasteiger partial charge on any atom is -0.391 e. The summed E-state index contributed by atoms with van der Waals surface area (Å²) in [5.41, 5.74) is -0.144. The van der Waals surface area contributed by atoms with Gasteiger partial charge in [0.15, 0.2) is 0 Å². The van der Waals surface area contributed by atoms with Gasteiger partial charge in [0.05, 0.1) is 11.0 Å². The van der Waals surface area contributed by atoms with Crippen LogP contribution < -0.4 is 10.2 Å². The first-order valence-corrected chi connectivity index (χ1v) is 5.73. The van der Waals surface area contributed by atoms with E-state index >= 15 is 0 Å². The molecule has 1 saturated heterocycles. The van der Waals surface area contributed by atoms with Crippen molar-refractivity contribution in [1.82, 2.24) is 9.97 Å². The van der Waals surface area contributed by atoms with Gasteiger partial charge >= 0.3 is 5.69 Å². The fourth-order valence-corrected chi connectivity index (χ4v) is 2.10. The number of rotatable bonds is 3. The summed E-state index contributed by atoms with van der Waals surface area (Å²) in [6.45, 7) is 1.01. The zero-order valence-electron chi connectivity index (χ0n) is 10.0. The predicted molar refractivity (Wildman–Crippen MR) is 65.7 cm³/mol. The number of hydrogen-bond donors (Lipinski definition) is 2. The molecule has 0 amide bonds. The monoisotopic (exact) mass is 253 g/mol. The highest BCUT2D eigenvalue weighted by atomic mass is 16.6. The van der Waals surface area contributed by atoms with Crippen LogP contribution in [0.5, 0.6) is 0 Å². The van der Waals surface area contributed by atoms with Gasteiger partial charge in [0.2, 0.25) is 11.6 Å². The number of β-amino-alcohol motifs (C(OH)–C–C–N with tert-alkyl or cyclic N) is 1. The average molecular weight is 253 g/mol. The maximum Gasteiger partial charge on any atom is 0.353 e. The number of nitrogens with one attached hydrogen (secondary N) is 1. The highest BCUT2D eigenvalue weighted by Gasteiger charge is 2.29. The minimum absolute atomic E-state index is 0.144. The number of nitro groups is 1. The van der Waals surface area contributed by atoms with E-state index in [1.807, 2.05) is 0 Å². The third-order valence-electron chi connectivity index (χ3n) is 2.92. The van der Waals surface area contributed by atoms with Crippen molar-refractivity contribution in [3.63, 3.8) is 0 Å². The molecule has 1 unspecified atom stereocenters. The van der Waals surface area contributed by atoms with Crippen LogP contribution in [0.15, 0.2) is 6.33 Å². The molecule has 8 nitrogen and oxygen atoms in total. The van der Waals surface area contributed by atoms with Crippen LogP contribution in [-0.2, 0) is 0 Å². The van der Waals surface area contributed by atoms with Crippen LogP contribution >= 0.6 is 0 Å². The van der Waals surface area contributed by atoms with Gasteiger partial charge in [-0.3, -0.25) is 10.1 Å². The van der Waals surface area contributed by atoms with Crippen LogP contribution in [0.3, 0.4) is 0 Å². The molecule has 0 aromatic carbocycles. The number of piperidine rings is 1. The summed E-state index contributed by atoms with van der Waals surface area (Å²) in [6, 6.07) is 0. The molecule has 0 spiro atoms. The second kappa shape index (κ2) is 5.13. The largest absolute Gasteiger partial charge is 0.391 e. The molecule has 0 aliphatic carbocycles. The van der Waals surface area contributed by atoms with Gasteiger partial charge < -0.3 is 15.3 Å². The van der Waals surface area contributed by atoms with Crippen LogP contribution in [0, 0.1) is 10.1 Å². The molecule has 18 heavy (non-hydrogen) atoms. The molecule has 2 N–H and O–H groups in total. The highest BCUT2D eigenvalue weighted by Crippen LogP contribution is 2.32. The first-order chi connectivity index (χ1) is 8.63. The van der Waals surface area contributed by atoms with Crippen molar-refractivity contribution in [2.45, 2.75) is 18.9 Å². The Morgan fingerprint density at radius 1 is 1.61 bits per heavy atom. The molecule has 8 heteroatoms. The number of aromatic nitrogens is 2. The molecular formula is C10H15N5O3. The summed E-state index contributed by atoms with van der Waals surface area (Å²) in [7, 11) is 1.57. The Bertz CT molecular complexity index is 453. The van der Waals surface area contributed by atoms with Gasteiger partial charge in [0.1, 0.15) is 6.33 Å². The Labute approximate surface area is 104 Å². The van der Waals surface area contributed by atoms with Crippen LogP contribution in [-0.4, -0.2) is 46.2 Å². The third-order valence-corrected chi connectivity index (χ3v) is 2.92. The summed E-state index contributed by atoms with van der Waals surface area (Å²) in [5.74, 6) is 0.447. The van der Waals surface area contributed by atoms with E-state index in [9.17, 15) is 15.2 Å². The molecule has 0 radical (unpaired) electrons. The molecule has 0 saturated carbocycles. The quantitative estimate of drug-likeness (QED) is 0.593. The summed E-state index contributed by atoms with van der Waals surface area (Å²) >= 11 is 0. The van der Waals surface area contributed by atoms with Crippen molar-refractivity contribution >= 4 is 17.3 Å². The number of hydrogen-bond acceptors (Lipinski definition) is 7. The van der Waals surface area contributed by atoms with E-state index in [0.717, 1.165) is 6.42 Å². The van der Waals surface area contributed by atoms with Gasteiger partial charge in [-0.05, 0) is 12.8 Å². The Kier molecular flexibility index (Phi) is 3.56. The molecule has 1 aliphatic rings. The normalized spacial score (nSPS) is 19.7. The van der Waals surface area contributed by atoms with E-state index in [0.29, 0.717) is 19.5 Å². The van der Waals surface area contributed by atoms with E-state index in [4.69, 9.17) is 0 Å². The molecule has 1 fully saturated rings. The van der Waals surface area contributed by atoms with E-state index in [2.05, 4.69) is 15.3 Å². The summed E-state index contributed by atoms with van der Waals surface area (Å²) in [6.07, 6.45) is 2.33. The average Bonchev–Trinajstić information content (AvgIpc) is 2.37. The lowest BCUT2D eigenvalue weighted by atomic mass is 10.1. The van der Waals surface area contributed by atoms with Crippen LogP contribution in [0.4, 0.5) is 17.3 Å². The van der Waals surface area contributed by atoms with Crippen molar-refractivity contribution in [2.75, 3.05) is 30.4 Å². The Hall–Kier alpha value is -1.96. The molecule has 1 aromatic heterocycles. The standard InChI is InChI=1S/C10H15N5O3/c1-11-9-8(15(17)18)10(13-6-12-9)14-4-2-3-7(16)5-14/h6-7,16H,2-5H2,1H3,(H,11,12,13). The van der Waals surface area contributed by atoms with Crippen LogP contribution in [0.2, 0.25) is 0 Å². The van der Waals surface area contributed by atoms with Crippen molar-refractivity contribution < 1.29 is 10.0 Å². The zero-order chi connectivity index (χ0) is 13.1. The second-order valence-corrected chi connectivity index (χ2v) is 4.14. The maximum absolute atomic E-state index is 11.1. The van der Waals surface area contributed by atoms with E-state index < -0.39 is 11.0 Å². The van der Waals surface area contributed by atoms with Crippen LogP contribution in [0.1, 0.15) is 12.8 Å². The van der Waals surface area contributed by atoms with Gasteiger partial charge in [0, 0.05) is 20.1 Å². The zero-order valence-corrected chi connectivity index (χ0v) is 10.0. The Morgan fingerprint density at radius 2 is 2.39 bits per heavy atom. The van der Waals surface area contributed by atoms with Crippen LogP contribution in [0.25, 0.3) is 0 Å². The number of aliphatic hydroxyl groups is 1. The first-order valence-electron chi connectivity index (χ1n) is 5.73. The highest BCUT2D eigenvalue weighted by molar-refractivity contribution is 5.70. The fourth-order valence-electron chi connectivity index (χ4n) is 2.10. The van der Waals surface area contributed by atoms with Gasteiger partial charge in [-0.15, -0.1) is 0 Å². The molecule has 1 aromatic rings. The van der Waals surface area contributed by atoms with E-state index in [-0.39, 0.29) is 17.3 Å². The van der Waals surface area contributed by atoms with Crippen molar-refractivity contribution in [3.05, 3.63) is 16.4 Å². The van der Waals surface area contributed by atoms with Gasteiger partial charge in [-0.25, -0.2) is 9.97 Å². The van der Waals surface area contributed by atoms with Crippen molar-refractivity contribution in [2.24, 2.45) is 0 Å². The number of anilines is 2. The smallest absolute Gasteiger partial charge is 0.353 e. The van der Waals surface area contributed by atoms with E-state index in [1.165, 1.54) is 6.33 Å². The fraction of sp³-hybridized carbons (Fsp3) is 0.600. The Balaban J connectivity index is 2.40. The lowest BCUT2D eigenvalue weighted by Gasteiger charge is -2.30. The summed E-state index contributed by atoms with van der Waals surface area (Å²) in [4.78, 5) is 20.2. The molecule has 98 valence electrons. The molecule has 2 rings (SSSR count). The maximum atomic E-state index is 11.1. The van der Waals surface area contributed by atoms with E-state index in [1.54, 1.807) is 11.9 Å². The molecular weight excluding hydrogens is 238 g/mol. The Morgan fingerprint density at radius 3 is 3.00 bits per heavy atom. The van der Waals surface area contributed by atoms with Crippen molar-refractivity contribution in [1.29, 1.82) is 0 Å². The second-order valence-electron chi connectivity index (χ2n) is 4.14. The summed E-state index contributed by atoms with van der Waals surface area (Å²) in [5, 5.41) is 23.4. The SMILES string of the molecule is CNc1ncnc(N2CCCC(O)C2)c1[N+](=O)[O-]. The van der Waals surface area contributed by atoms with Gasteiger partial charge in [-0.2, -0.15) is 0 Å². The summed E-state index contributed by atoms with van der Waals surface area (Å²) < 4.78 is 0. The number of nitrogens with zero attached hydrogens (tertiary/aromatic N) is 4. The lowest BCUT2D eigenvalue weighted by Crippen LogP contribution is -2.39. The topological polar surface area (TPSA) is 104 Å². The molecule has 2 heterocycles. The number of aliphatic hydroxyl groups excluding tert-OH is 1. The minimum atomic E-state index is -0.498. The molecule has 1 aliphatic heterocycles. The first kappa shape index (κ1) is 12.5. The predicted octanol–water partition coefficient (Wildman–Crippen LogP) is 0.388. The van der Waals surface area contributed by atoms with Gasteiger partial charge in [0.25, 0.3) is 0 Å². The third kappa shape index (κ3) is 2.33. The van der Waals surface area contributed by atoms with Gasteiger partial charge in [-0.1, -0.05) is 0 Å². The lowest BCUT2D eigenvalue weighted by molar-refractivity contribution is -0.383. The van der Waals surface area contributed by atoms with Crippen molar-refractivity contribution in [3.8, 4) is 0 Å². The molecule has 1 atom stereocenters.